The number of unbranched alkanes of at least 4 members (excludes halogenated alkanes) is 5. The van der Waals surface area contributed by atoms with E-state index in [4.69, 9.17) is 5.11 Å². The molecule has 0 aliphatic carbocycles. The zero-order valence-electron chi connectivity index (χ0n) is 10.2. The average molecular weight is 222 g/mol. The van der Waals surface area contributed by atoms with Crippen molar-refractivity contribution in [3.05, 3.63) is 12.2 Å². The molecule has 0 amide bonds. The van der Waals surface area contributed by atoms with Crippen LogP contribution in [0.5, 0.6) is 0 Å². The van der Waals surface area contributed by atoms with Crippen LogP contribution in [0.4, 0.5) is 0 Å². The van der Waals surface area contributed by atoms with Crippen molar-refractivity contribution >= 4 is 5.97 Å². The second kappa shape index (κ2) is 11.8. The van der Waals surface area contributed by atoms with E-state index in [9.17, 15) is 4.79 Å². The van der Waals surface area contributed by atoms with E-state index in [0.29, 0.717) is 0 Å². The predicted octanol–water partition coefficient (Wildman–Crippen LogP) is 3.77. The molecule has 0 atom stereocenters. The molecule has 0 bridgehead atoms. The molecule has 0 aliphatic heterocycles. The van der Waals surface area contributed by atoms with Gasteiger partial charge in [0.05, 0.1) is 0 Å². The van der Waals surface area contributed by atoms with Crippen LogP contribution in [0.15, 0.2) is 12.2 Å². The molecule has 0 spiro atoms. The van der Waals surface area contributed by atoms with E-state index in [-0.39, 0.29) is 6.42 Å². The second-order valence-corrected chi connectivity index (χ2v) is 3.77. The minimum absolute atomic E-state index is 0.288. The van der Waals surface area contributed by atoms with Gasteiger partial charge in [0.2, 0.25) is 0 Å². The summed E-state index contributed by atoms with van der Waals surface area (Å²) >= 11 is 0. The summed E-state index contributed by atoms with van der Waals surface area (Å²) in [6.07, 6.45) is 11.4. The highest BCUT2D eigenvalue weighted by molar-refractivity contribution is 5.66. The fraction of sp³-hybridized carbons (Fsp3) is 0.643. The number of carbonyl (C=O) groups is 1. The Balaban J connectivity index is 3.18. The molecule has 0 saturated heterocycles. The van der Waals surface area contributed by atoms with E-state index in [1.165, 1.54) is 0 Å². The third-order valence-electron chi connectivity index (χ3n) is 2.23. The average Bonchev–Trinajstić information content (AvgIpc) is 2.25. The van der Waals surface area contributed by atoms with Gasteiger partial charge < -0.3 is 5.11 Å². The van der Waals surface area contributed by atoms with E-state index in [0.717, 1.165) is 44.9 Å². The van der Waals surface area contributed by atoms with Crippen LogP contribution in [0.3, 0.4) is 0 Å². The van der Waals surface area contributed by atoms with Gasteiger partial charge in [0.1, 0.15) is 0 Å². The van der Waals surface area contributed by atoms with Gasteiger partial charge in [-0.15, -0.1) is 11.8 Å². The van der Waals surface area contributed by atoms with Crippen molar-refractivity contribution in [1.82, 2.24) is 0 Å². The smallest absolute Gasteiger partial charge is 0.303 e. The van der Waals surface area contributed by atoms with Crippen molar-refractivity contribution < 1.29 is 9.90 Å². The summed E-state index contributed by atoms with van der Waals surface area (Å²) in [6, 6.07) is 0. The molecule has 2 heteroatoms. The maximum absolute atomic E-state index is 10.2. The second-order valence-electron chi connectivity index (χ2n) is 3.77. The van der Waals surface area contributed by atoms with Gasteiger partial charge in [-0.1, -0.05) is 18.6 Å². The number of rotatable bonds is 8. The highest BCUT2D eigenvalue weighted by Gasteiger charge is 1.94. The van der Waals surface area contributed by atoms with Gasteiger partial charge >= 0.3 is 5.97 Å². The van der Waals surface area contributed by atoms with Crippen molar-refractivity contribution in [2.75, 3.05) is 0 Å². The Morgan fingerprint density at radius 1 is 1.12 bits per heavy atom. The molecule has 0 rings (SSSR count). The maximum Gasteiger partial charge on any atom is 0.303 e. The lowest BCUT2D eigenvalue weighted by Crippen LogP contribution is -1.93. The van der Waals surface area contributed by atoms with Crippen molar-refractivity contribution in [2.24, 2.45) is 0 Å². The monoisotopic (exact) mass is 222 g/mol. The number of hydrogen-bond donors (Lipinski definition) is 1. The Labute approximate surface area is 98.7 Å². The van der Waals surface area contributed by atoms with Crippen LogP contribution < -0.4 is 0 Å². The van der Waals surface area contributed by atoms with Crippen LogP contribution in [0, 0.1) is 11.8 Å². The first kappa shape index (κ1) is 14.8. The lowest BCUT2D eigenvalue weighted by Gasteiger charge is -1.93. The van der Waals surface area contributed by atoms with Crippen LogP contribution in [0.1, 0.15) is 58.3 Å². The Morgan fingerprint density at radius 3 is 2.44 bits per heavy atom. The van der Waals surface area contributed by atoms with Gasteiger partial charge in [-0.05, 0) is 32.6 Å². The van der Waals surface area contributed by atoms with Gasteiger partial charge in [0.25, 0.3) is 0 Å². The van der Waals surface area contributed by atoms with Gasteiger partial charge in [-0.3, -0.25) is 4.79 Å². The van der Waals surface area contributed by atoms with Crippen LogP contribution >= 0.6 is 0 Å². The summed E-state index contributed by atoms with van der Waals surface area (Å²) in [7, 11) is 0. The van der Waals surface area contributed by atoms with Crippen LogP contribution in [-0.4, -0.2) is 11.1 Å². The number of aliphatic carboxylic acids is 1. The van der Waals surface area contributed by atoms with Gasteiger partial charge in [0, 0.05) is 19.3 Å². The van der Waals surface area contributed by atoms with Crippen LogP contribution in [0.2, 0.25) is 0 Å². The summed E-state index contributed by atoms with van der Waals surface area (Å²) in [5, 5.41) is 8.42. The molecule has 0 unspecified atom stereocenters. The van der Waals surface area contributed by atoms with E-state index in [1.807, 2.05) is 6.92 Å². The van der Waals surface area contributed by atoms with Crippen molar-refractivity contribution in [1.29, 1.82) is 0 Å². The highest BCUT2D eigenvalue weighted by atomic mass is 16.4. The SMILES string of the molecule is C/C=C\CCCC#CCCCCCC(=O)O. The molecular formula is C14H22O2. The number of carboxylic acid groups (broad SMARTS) is 1. The Kier molecular flexibility index (Phi) is 10.9. The molecule has 16 heavy (non-hydrogen) atoms. The molecule has 0 saturated carbocycles. The first-order valence-corrected chi connectivity index (χ1v) is 6.06. The van der Waals surface area contributed by atoms with Crippen molar-refractivity contribution in [3.8, 4) is 11.8 Å². The Morgan fingerprint density at radius 2 is 1.81 bits per heavy atom. The topological polar surface area (TPSA) is 37.3 Å². The Hall–Kier alpha value is -1.23. The predicted molar refractivity (Wildman–Crippen MR) is 67.2 cm³/mol. The normalized spacial score (nSPS) is 10.1. The summed E-state index contributed by atoms with van der Waals surface area (Å²) in [6.45, 7) is 2.03. The fourth-order valence-electron chi connectivity index (χ4n) is 1.32. The summed E-state index contributed by atoms with van der Waals surface area (Å²) in [5.41, 5.74) is 0. The van der Waals surface area contributed by atoms with Crippen LogP contribution in [-0.2, 0) is 4.79 Å². The summed E-state index contributed by atoms with van der Waals surface area (Å²) in [4.78, 5) is 10.2. The van der Waals surface area contributed by atoms with Crippen LogP contribution in [0.25, 0.3) is 0 Å². The lowest BCUT2D eigenvalue weighted by atomic mass is 10.1. The molecule has 1 N–H and O–H groups in total. The quantitative estimate of drug-likeness (QED) is 0.385. The standard InChI is InChI=1S/C14H22O2/c1-2-3-4-5-6-7-8-9-10-11-12-13-14(15)16/h2-3H,4-6,9-13H2,1H3,(H,15,16)/b3-2-. The molecule has 0 fully saturated rings. The van der Waals surface area contributed by atoms with Crippen molar-refractivity contribution in [2.45, 2.75) is 58.3 Å². The van der Waals surface area contributed by atoms with Gasteiger partial charge in [0.15, 0.2) is 0 Å². The summed E-state index contributed by atoms with van der Waals surface area (Å²) in [5.74, 6) is 5.57. The number of carboxylic acids is 1. The van der Waals surface area contributed by atoms with E-state index in [1.54, 1.807) is 0 Å². The zero-order valence-corrected chi connectivity index (χ0v) is 10.2. The largest absolute Gasteiger partial charge is 0.481 e. The zero-order chi connectivity index (χ0) is 12.1. The molecule has 0 aromatic rings. The first-order valence-electron chi connectivity index (χ1n) is 6.06. The molecule has 90 valence electrons. The molecular weight excluding hydrogens is 200 g/mol. The molecule has 0 aromatic heterocycles. The molecule has 0 aliphatic rings. The van der Waals surface area contributed by atoms with E-state index in [2.05, 4.69) is 24.0 Å². The molecule has 0 heterocycles. The number of hydrogen-bond acceptors (Lipinski definition) is 1. The van der Waals surface area contributed by atoms with E-state index < -0.39 is 5.97 Å². The third-order valence-corrected chi connectivity index (χ3v) is 2.23. The lowest BCUT2D eigenvalue weighted by molar-refractivity contribution is -0.137. The molecule has 2 nitrogen and oxygen atoms in total. The van der Waals surface area contributed by atoms with Gasteiger partial charge in [-0.25, -0.2) is 0 Å². The third kappa shape index (κ3) is 12.8. The minimum atomic E-state index is -0.699. The highest BCUT2D eigenvalue weighted by Crippen LogP contribution is 2.02. The number of allylic oxidation sites excluding steroid dienone is 2. The van der Waals surface area contributed by atoms with Gasteiger partial charge in [-0.2, -0.15) is 0 Å². The fourth-order valence-corrected chi connectivity index (χ4v) is 1.32. The van der Waals surface area contributed by atoms with E-state index >= 15 is 0 Å². The summed E-state index contributed by atoms with van der Waals surface area (Å²) < 4.78 is 0. The minimum Gasteiger partial charge on any atom is -0.481 e. The van der Waals surface area contributed by atoms with Crippen molar-refractivity contribution in [3.63, 3.8) is 0 Å². The first-order chi connectivity index (χ1) is 7.77. The Bertz CT molecular complexity index is 256. The molecule has 0 radical (unpaired) electrons. The maximum atomic E-state index is 10.2. The molecule has 0 aromatic carbocycles.